The van der Waals surface area contributed by atoms with Gasteiger partial charge in [0, 0.05) is 17.3 Å². The van der Waals surface area contributed by atoms with E-state index in [1.807, 2.05) is 31.2 Å². The van der Waals surface area contributed by atoms with E-state index in [4.69, 9.17) is 0 Å². The molecule has 102 valence electrons. The Morgan fingerprint density at radius 3 is 2.75 bits per heavy atom. The van der Waals surface area contributed by atoms with Crippen LogP contribution in [0.25, 0.3) is 0 Å². The van der Waals surface area contributed by atoms with Crippen molar-refractivity contribution in [3.05, 3.63) is 65.0 Å². The van der Waals surface area contributed by atoms with Crippen LogP contribution in [0.15, 0.2) is 42.5 Å². The number of nitrogens with zero attached hydrogens (tertiary/aromatic N) is 1. The van der Waals surface area contributed by atoms with Gasteiger partial charge in [-0.25, -0.2) is 4.39 Å². The summed E-state index contributed by atoms with van der Waals surface area (Å²) in [5.41, 5.74) is 3.06. The molecule has 3 rings (SSSR count). The highest BCUT2D eigenvalue weighted by molar-refractivity contribution is 6.07. The summed E-state index contributed by atoms with van der Waals surface area (Å²) in [5, 5.41) is 0. The van der Waals surface area contributed by atoms with Crippen LogP contribution in [0, 0.1) is 12.7 Å². The van der Waals surface area contributed by atoms with Gasteiger partial charge in [-0.15, -0.1) is 0 Å². The Hall–Kier alpha value is -2.16. The largest absolute Gasteiger partial charge is 0.305 e. The maximum Gasteiger partial charge on any atom is 0.258 e. The molecule has 0 spiro atoms. The Kier molecular flexibility index (Phi) is 3.05. The van der Waals surface area contributed by atoms with E-state index in [1.165, 1.54) is 11.6 Å². The van der Waals surface area contributed by atoms with Crippen molar-refractivity contribution in [1.82, 2.24) is 0 Å². The molecule has 1 heterocycles. The molecular weight excluding hydrogens is 253 g/mol. The predicted molar refractivity (Wildman–Crippen MR) is 77.6 cm³/mol. The van der Waals surface area contributed by atoms with Crippen molar-refractivity contribution in [2.75, 3.05) is 4.90 Å². The van der Waals surface area contributed by atoms with Crippen LogP contribution in [-0.2, 0) is 6.42 Å². The summed E-state index contributed by atoms with van der Waals surface area (Å²) in [7, 11) is 0. The SMILES string of the molecule is Cc1ccc(C(=O)N2c3ccccc3C[C@H]2C)cc1F. The van der Waals surface area contributed by atoms with Crippen LogP contribution in [0.4, 0.5) is 10.1 Å². The molecule has 0 fully saturated rings. The highest BCUT2D eigenvalue weighted by atomic mass is 19.1. The van der Waals surface area contributed by atoms with Crippen LogP contribution in [-0.4, -0.2) is 11.9 Å². The number of carbonyl (C=O) groups excluding carboxylic acids is 1. The van der Waals surface area contributed by atoms with E-state index in [0.29, 0.717) is 11.1 Å². The van der Waals surface area contributed by atoms with Crippen LogP contribution in [0.2, 0.25) is 0 Å². The second-order valence-corrected chi connectivity index (χ2v) is 5.32. The number of hydrogen-bond donors (Lipinski definition) is 0. The van der Waals surface area contributed by atoms with E-state index in [0.717, 1.165) is 12.1 Å². The Morgan fingerprint density at radius 2 is 2.00 bits per heavy atom. The molecule has 0 N–H and O–H groups in total. The quantitative estimate of drug-likeness (QED) is 0.772. The second-order valence-electron chi connectivity index (χ2n) is 5.32. The fraction of sp³-hybridized carbons (Fsp3) is 0.235. The summed E-state index contributed by atoms with van der Waals surface area (Å²) in [6.45, 7) is 3.71. The van der Waals surface area contributed by atoms with Crippen molar-refractivity contribution < 1.29 is 9.18 Å². The lowest BCUT2D eigenvalue weighted by atomic mass is 10.1. The summed E-state index contributed by atoms with van der Waals surface area (Å²) in [5.74, 6) is -0.475. The van der Waals surface area contributed by atoms with Crippen molar-refractivity contribution >= 4 is 11.6 Å². The van der Waals surface area contributed by atoms with Gasteiger partial charge < -0.3 is 4.90 Å². The van der Waals surface area contributed by atoms with Gasteiger partial charge in [0.05, 0.1) is 0 Å². The fourth-order valence-electron chi connectivity index (χ4n) is 2.74. The average Bonchev–Trinajstić information content (AvgIpc) is 2.77. The van der Waals surface area contributed by atoms with Gasteiger partial charge in [0.15, 0.2) is 0 Å². The number of carbonyl (C=O) groups is 1. The Labute approximate surface area is 117 Å². The number of amides is 1. The molecule has 3 heteroatoms. The smallest absolute Gasteiger partial charge is 0.258 e. The average molecular weight is 269 g/mol. The molecular formula is C17H16FNO. The summed E-state index contributed by atoms with van der Waals surface area (Å²) in [6, 6.07) is 12.6. The lowest BCUT2D eigenvalue weighted by Crippen LogP contribution is -2.35. The number of halogens is 1. The number of fused-ring (bicyclic) bond motifs is 1. The molecule has 1 aliphatic rings. The first-order valence-corrected chi connectivity index (χ1v) is 6.75. The number of anilines is 1. The van der Waals surface area contributed by atoms with E-state index in [2.05, 4.69) is 0 Å². The van der Waals surface area contributed by atoms with Gasteiger partial charge in [0.2, 0.25) is 0 Å². The minimum atomic E-state index is -0.337. The minimum absolute atomic E-state index is 0.101. The zero-order valence-corrected chi connectivity index (χ0v) is 11.6. The molecule has 0 saturated heterocycles. The van der Waals surface area contributed by atoms with Gasteiger partial charge in [-0.3, -0.25) is 4.79 Å². The monoisotopic (exact) mass is 269 g/mol. The number of para-hydroxylation sites is 1. The van der Waals surface area contributed by atoms with Gasteiger partial charge >= 0.3 is 0 Å². The molecule has 2 nitrogen and oxygen atoms in total. The normalized spacial score (nSPS) is 17.1. The van der Waals surface area contributed by atoms with Gasteiger partial charge in [-0.05, 0) is 49.6 Å². The van der Waals surface area contributed by atoms with Crippen molar-refractivity contribution in [3.63, 3.8) is 0 Å². The van der Waals surface area contributed by atoms with Gasteiger partial charge in [-0.1, -0.05) is 24.3 Å². The molecule has 0 bridgehead atoms. The molecule has 20 heavy (non-hydrogen) atoms. The van der Waals surface area contributed by atoms with Gasteiger partial charge in [-0.2, -0.15) is 0 Å². The fourth-order valence-corrected chi connectivity index (χ4v) is 2.74. The lowest BCUT2D eigenvalue weighted by molar-refractivity contribution is 0.0981. The predicted octanol–water partition coefficient (Wildman–Crippen LogP) is 3.73. The Bertz CT molecular complexity index is 680. The van der Waals surface area contributed by atoms with Gasteiger partial charge in [0.1, 0.15) is 5.82 Å². The molecule has 1 atom stereocenters. The zero-order valence-electron chi connectivity index (χ0n) is 11.6. The first-order chi connectivity index (χ1) is 9.58. The third-order valence-electron chi connectivity index (χ3n) is 3.84. The maximum atomic E-state index is 13.6. The standard InChI is InChI=1S/C17H16FNO/c1-11-7-8-14(10-15(11)18)17(20)19-12(2)9-13-5-3-4-6-16(13)19/h3-8,10,12H,9H2,1-2H3/t12-/m1/s1. The molecule has 0 saturated carbocycles. The van der Waals surface area contributed by atoms with Crippen LogP contribution in [0.1, 0.15) is 28.4 Å². The molecule has 2 aromatic rings. The summed E-state index contributed by atoms with van der Waals surface area (Å²) in [4.78, 5) is 14.4. The third kappa shape index (κ3) is 1.99. The number of hydrogen-bond acceptors (Lipinski definition) is 1. The van der Waals surface area contributed by atoms with E-state index in [-0.39, 0.29) is 17.8 Å². The highest BCUT2D eigenvalue weighted by Gasteiger charge is 2.31. The van der Waals surface area contributed by atoms with Crippen LogP contribution >= 0.6 is 0 Å². The molecule has 2 aromatic carbocycles. The Morgan fingerprint density at radius 1 is 1.25 bits per heavy atom. The van der Waals surface area contributed by atoms with E-state index >= 15 is 0 Å². The van der Waals surface area contributed by atoms with Crippen LogP contribution in [0.3, 0.4) is 0 Å². The maximum absolute atomic E-state index is 13.6. The van der Waals surface area contributed by atoms with Crippen LogP contribution < -0.4 is 4.90 Å². The molecule has 1 aliphatic heterocycles. The van der Waals surface area contributed by atoms with Gasteiger partial charge in [0.25, 0.3) is 5.91 Å². The molecule has 0 aromatic heterocycles. The van der Waals surface area contributed by atoms with Crippen molar-refractivity contribution in [1.29, 1.82) is 0 Å². The second kappa shape index (κ2) is 4.75. The third-order valence-corrected chi connectivity index (χ3v) is 3.84. The molecule has 0 unspecified atom stereocenters. The van der Waals surface area contributed by atoms with Crippen molar-refractivity contribution in [2.45, 2.75) is 26.3 Å². The Balaban J connectivity index is 2.00. The molecule has 1 amide bonds. The highest BCUT2D eigenvalue weighted by Crippen LogP contribution is 2.33. The first kappa shape index (κ1) is 12.9. The topological polar surface area (TPSA) is 20.3 Å². The number of benzene rings is 2. The first-order valence-electron chi connectivity index (χ1n) is 6.75. The van der Waals surface area contributed by atoms with E-state index in [9.17, 15) is 9.18 Å². The zero-order chi connectivity index (χ0) is 14.3. The molecule has 0 aliphatic carbocycles. The lowest BCUT2D eigenvalue weighted by Gasteiger charge is -2.23. The van der Waals surface area contributed by atoms with E-state index < -0.39 is 0 Å². The van der Waals surface area contributed by atoms with Crippen molar-refractivity contribution in [3.8, 4) is 0 Å². The number of aryl methyl sites for hydroxylation is 1. The van der Waals surface area contributed by atoms with Crippen LogP contribution in [0.5, 0.6) is 0 Å². The minimum Gasteiger partial charge on any atom is -0.305 e. The summed E-state index contributed by atoms with van der Waals surface area (Å²) in [6.07, 6.45) is 0.844. The number of rotatable bonds is 1. The molecule has 0 radical (unpaired) electrons. The van der Waals surface area contributed by atoms with Crippen molar-refractivity contribution in [2.24, 2.45) is 0 Å². The summed E-state index contributed by atoms with van der Waals surface area (Å²) >= 11 is 0. The van der Waals surface area contributed by atoms with E-state index in [1.54, 1.807) is 24.0 Å². The summed E-state index contributed by atoms with van der Waals surface area (Å²) < 4.78 is 13.6.